The van der Waals surface area contributed by atoms with E-state index < -0.39 is 0 Å². The van der Waals surface area contributed by atoms with Crippen molar-refractivity contribution in [2.75, 3.05) is 0 Å². The normalized spacial score (nSPS) is 14.0. The Labute approximate surface area is 149 Å². The Morgan fingerprint density at radius 2 is 1.25 bits per heavy atom. The maximum Gasteiger partial charge on any atom is 0.195 e. The van der Waals surface area contributed by atoms with Crippen LogP contribution in [0.2, 0.25) is 0 Å². The number of carbonyl (C=O) groups is 1. The number of benzene rings is 1. The molecule has 3 aromatic rings. The fraction of sp³-hybridized carbons (Fsp3) is 0.190. The molecule has 0 aliphatic heterocycles. The highest BCUT2D eigenvalue weighted by Gasteiger charge is 2.38. The van der Waals surface area contributed by atoms with E-state index in [0.29, 0.717) is 0 Å². The van der Waals surface area contributed by atoms with Gasteiger partial charge in [0.2, 0.25) is 0 Å². The van der Waals surface area contributed by atoms with Crippen LogP contribution in [0.25, 0.3) is 26.5 Å². The van der Waals surface area contributed by atoms with E-state index in [0.717, 1.165) is 32.7 Å². The molecule has 118 valence electrons. The van der Waals surface area contributed by atoms with Crippen molar-refractivity contribution in [3.63, 3.8) is 0 Å². The molecule has 0 spiro atoms. The summed E-state index contributed by atoms with van der Waals surface area (Å²) in [7, 11) is 0. The summed E-state index contributed by atoms with van der Waals surface area (Å²) >= 11 is 3.55. The monoisotopic (exact) mass is 348 g/mol. The summed E-state index contributed by atoms with van der Waals surface area (Å²) in [5.74, 6) is 0.195. The van der Waals surface area contributed by atoms with E-state index in [2.05, 4.69) is 40.3 Å². The van der Waals surface area contributed by atoms with E-state index in [1.807, 2.05) is 17.4 Å². The second kappa shape index (κ2) is 4.35. The largest absolute Gasteiger partial charge is 0.289 e. The lowest BCUT2D eigenvalue weighted by molar-refractivity contribution is 0.104. The maximum atomic E-state index is 13.1. The summed E-state index contributed by atoms with van der Waals surface area (Å²) in [5.41, 5.74) is 10.1. The zero-order chi connectivity index (χ0) is 16.9. The van der Waals surface area contributed by atoms with Crippen molar-refractivity contribution in [2.24, 2.45) is 0 Å². The van der Waals surface area contributed by atoms with E-state index in [4.69, 9.17) is 0 Å². The minimum atomic E-state index is 0.195. The first-order valence-corrected chi connectivity index (χ1v) is 9.66. The van der Waals surface area contributed by atoms with Crippen molar-refractivity contribution < 1.29 is 4.79 Å². The Bertz CT molecular complexity index is 1030. The number of thiophene rings is 2. The van der Waals surface area contributed by atoms with Crippen molar-refractivity contribution in [2.45, 2.75) is 27.7 Å². The predicted octanol–water partition coefficient (Wildman–Crippen LogP) is 6.30. The molecule has 0 saturated carbocycles. The van der Waals surface area contributed by atoms with Crippen LogP contribution in [0.5, 0.6) is 0 Å². The van der Waals surface area contributed by atoms with Gasteiger partial charge in [-0.15, -0.1) is 22.7 Å². The van der Waals surface area contributed by atoms with Gasteiger partial charge in [-0.1, -0.05) is 6.58 Å². The van der Waals surface area contributed by atoms with Crippen LogP contribution in [-0.4, -0.2) is 5.78 Å². The fourth-order valence-electron chi connectivity index (χ4n) is 4.29. The molecule has 1 aromatic carbocycles. The lowest BCUT2D eigenvalue weighted by Crippen LogP contribution is -2.02. The topological polar surface area (TPSA) is 17.1 Å². The molecule has 2 heterocycles. The number of hydrogen-bond acceptors (Lipinski definition) is 3. The maximum absolute atomic E-state index is 13.1. The molecular weight excluding hydrogens is 332 g/mol. The van der Waals surface area contributed by atoms with E-state index in [1.165, 1.54) is 36.9 Å². The highest BCUT2D eigenvalue weighted by molar-refractivity contribution is 7.16. The van der Waals surface area contributed by atoms with E-state index in [-0.39, 0.29) is 5.78 Å². The van der Waals surface area contributed by atoms with Gasteiger partial charge in [-0.25, -0.2) is 0 Å². The zero-order valence-electron chi connectivity index (χ0n) is 14.1. The van der Waals surface area contributed by atoms with Gasteiger partial charge in [-0.05, 0) is 62.1 Å². The molecule has 0 bridgehead atoms. The molecule has 0 fully saturated rings. The summed E-state index contributed by atoms with van der Waals surface area (Å²) in [6.07, 6.45) is 0. The number of hydrogen-bond donors (Lipinski definition) is 0. The smallest absolute Gasteiger partial charge is 0.195 e. The van der Waals surface area contributed by atoms with Crippen LogP contribution in [0.15, 0.2) is 18.7 Å². The van der Waals surface area contributed by atoms with E-state index in [9.17, 15) is 4.79 Å². The molecule has 1 nitrogen and oxygen atoms in total. The van der Waals surface area contributed by atoms with Gasteiger partial charge in [0.1, 0.15) is 0 Å². The minimum absolute atomic E-state index is 0.195. The number of carbonyl (C=O) groups excluding carboxylic acids is 1. The average Bonchev–Trinajstić information content (AvgIpc) is 3.20. The third-order valence-electron chi connectivity index (χ3n) is 5.26. The third-order valence-corrected chi connectivity index (χ3v) is 7.40. The zero-order valence-corrected chi connectivity index (χ0v) is 15.7. The molecule has 24 heavy (non-hydrogen) atoms. The lowest BCUT2D eigenvalue weighted by Gasteiger charge is -2.15. The van der Waals surface area contributed by atoms with Crippen LogP contribution in [0.4, 0.5) is 0 Å². The highest BCUT2D eigenvalue weighted by Crippen LogP contribution is 2.56. The first-order chi connectivity index (χ1) is 11.4. The van der Waals surface area contributed by atoms with Crippen LogP contribution in [-0.2, 0) is 0 Å². The first kappa shape index (κ1) is 14.4. The minimum Gasteiger partial charge on any atom is -0.289 e. The van der Waals surface area contributed by atoms with Gasteiger partial charge in [0.15, 0.2) is 5.78 Å². The molecule has 0 atom stereocenters. The third kappa shape index (κ3) is 1.48. The molecular formula is C21H16OS2. The molecule has 3 heteroatoms. The molecule has 0 N–H and O–H groups in total. The summed E-state index contributed by atoms with van der Waals surface area (Å²) in [6.45, 7) is 12.9. The Morgan fingerprint density at radius 3 is 1.92 bits per heavy atom. The number of fused-ring (bicyclic) bond motifs is 6. The first-order valence-electron chi connectivity index (χ1n) is 8.03. The number of ketones is 1. The molecule has 0 saturated heterocycles. The van der Waals surface area contributed by atoms with Crippen LogP contribution >= 0.6 is 22.7 Å². The summed E-state index contributed by atoms with van der Waals surface area (Å²) in [4.78, 5) is 18.0. The van der Waals surface area contributed by atoms with Gasteiger partial charge >= 0.3 is 0 Å². The second-order valence-electron chi connectivity index (χ2n) is 6.76. The van der Waals surface area contributed by atoms with Crippen LogP contribution in [0, 0.1) is 27.7 Å². The summed E-state index contributed by atoms with van der Waals surface area (Å²) < 4.78 is 0. The van der Waals surface area contributed by atoms with E-state index >= 15 is 0 Å². The summed E-state index contributed by atoms with van der Waals surface area (Å²) in [5, 5.41) is 0. The predicted molar refractivity (Wildman–Crippen MR) is 104 cm³/mol. The Kier molecular flexibility index (Phi) is 2.61. The molecule has 2 aliphatic rings. The highest BCUT2D eigenvalue weighted by atomic mass is 32.1. The summed E-state index contributed by atoms with van der Waals surface area (Å²) in [6, 6.07) is 4.27. The Morgan fingerprint density at radius 1 is 0.750 bits per heavy atom. The fourth-order valence-corrected chi connectivity index (χ4v) is 6.56. The second-order valence-corrected chi connectivity index (χ2v) is 9.27. The lowest BCUT2D eigenvalue weighted by atomic mass is 9.89. The van der Waals surface area contributed by atoms with Gasteiger partial charge in [-0.2, -0.15) is 0 Å². The Balaban J connectivity index is 1.94. The average molecular weight is 348 g/mol. The van der Waals surface area contributed by atoms with Gasteiger partial charge in [0.25, 0.3) is 0 Å². The van der Waals surface area contributed by atoms with Crippen molar-refractivity contribution in [1.82, 2.24) is 0 Å². The number of aryl methyl sites for hydroxylation is 2. The van der Waals surface area contributed by atoms with Crippen LogP contribution < -0.4 is 0 Å². The standard InChI is InChI=1S/C21H16OS2/c1-8-6-13-10(3)15-11(4)18-16(12(5)17(15)20(13)23-8)19(22)14-7-9(2)24-21(14)18/h6-7H,3H2,1-2,4-5H3. The Hall–Kier alpha value is -1.97. The van der Waals surface area contributed by atoms with Crippen LogP contribution in [0.3, 0.4) is 0 Å². The molecule has 2 aliphatic carbocycles. The van der Waals surface area contributed by atoms with Crippen molar-refractivity contribution in [3.8, 4) is 20.9 Å². The molecule has 0 unspecified atom stereocenters. The van der Waals surface area contributed by atoms with Crippen LogP contribution in [0.1, 0.15) is 47.9 Å². The van der Waals surface area contributed by atoms with E-state index in [1.54, 1.807) is 11.3 Å². The van der Waals surface area contributed by atoms with Gasteiger partial charge in [0, 0.05) is 47.3 Å². The van der Waals surface area contributed by atoms with Crippen molar-refractivity contribution in [3.05, 3.63) is 61.8 Å². The SMILES string of the molecule is C=C1c2cc(C)sc2-c2c(C)c3c(c(C)c21)-c1sc(C)cc1C3=O. The van der Waals surface area contributed by atoms with Crippen molar-refractivity contribution in [1.29, 1.82) is 0 Å². The van der Waals surface area contributed by atoms with Gasteiger partial charge < -0.3 is 0 Å². The van der Waals surface area contributed by atoms with Gasteiger partial charge in [0.05, 0.1) is 0 Å². The molecule has 0 radical (unpaired) electrons. The number of rotatable bonds is 0. The van der Waals surface area contributed by atoms with Gasteiger partial charge in [-0.3, -0.25) is 4.79 Å². The quantitative estimate of drug-likeness (QED) is 0.321. The molecule has 5 rings (SSSR count). The molecule has 2 aromatic heterocycles. The van der Waals surface area contributed by atoms with Crippen molar-refractivity contribution >= 4 is 34.0 Å². The molecule has 0 amide bonds.